The summed E-state index contributed by atoms with van der Waals surface area (Å²) in [5.74, 6) is 0. The van der Waals surface area contributed by atoms with E-state index in [2.05, 4.69) is 45.2 Å². The van der Waals surface area contributed by atoms with Crippen molar-refractivity contribution in [3.05, 3.63) is 60.4 Å². The third kappa shape index (κ3) is 3.14. The van der Waals surface area contributed by atoms with E-state index in [4.69, 9.17) is 4.74 Å². The predicted octanol–water partition coefficient (Wildman–Crippen LogP) is 3.29. The molecule has 1 aliphatic heterocycles. The van der Waals surface area contributed by atoms with Gasteiger partial charge >= 0.3 is 0 Å². The monoisotopic (exact) mass is 307 g/mol. The SMILES string of the molecule is c1ccc2c(c1)ncn2-c1ccc(CNC[C@H]2CCCO2)cc1. The van der Waals surface area contributed by atoms with Crippen LogP contribution in [0.15, 0.2) is 54.9 Å². The lowest BCUT2D eigenvalue weighted by Crippen LogP contribution is -2.25. The van der Waals surface area contributed by atoms with Crippen molar-refractivity contribution in [3.8, 4) is 5.69 Å². The van der Waals surface area contributed by atoms with E-state index >= 15 is 0 Å². The van der Waals surface area contributed by atoms with Crippen molar-refractivity contribution >= 4 is 11.0 Å². The summed E-state index contributed by atoms with van der Waals surface area (Å²) in [5, 5.41) is 3.48. The molecule has 1 aromatic heterocycles. The molecule has 3 aromatic rings. The first-order valence-corrected chi connectivity index (χ1v) is 8.24. The summed E-state index contributed by atoms with van der Waals surface area (Å²) < 4.78 is 7.75. The van der Waals surface area contributed by atoms with Crippen LogP contribution in [0.5, 0.6) is 0 Å². The highest BCUT2D eigenvalue weighted by Crippen LogP contribution is 2.18. The summed E-state index contributed by atoms with van der Waals surface area (Å²) in [7, 11) is 0. The number of ether oxygens (including phenoxy) is 1. The van der Waals surface area contributed by atoms with Gasteiger partial charge in [-0.1, -0.05) is 24.3 Å². The molecule has 1 atom stereocenters. The Kier molecular flexibility index (Phi) is 4.09. The van der Waals surface area contributed by atoms with Crippen molar-refractivity contribution in [1.82, 2.24) is 14.9 Å². The number of fused-ring (bicyclic) bond motifs is 1. The maximum Gasteiger partial charge on any atom is 0.100 e. The van der Waals surface area contributed by atoms with Gasteiger partial charge in [-0.2, -0.15) is 0 Å². The molecular weight excluding hydrogens is 286 g/mol. The summed E-state index contributed by atoms with van der Waals surface area (Å²) >= 11 is 0. The average molecular weight is 307 g/mol. The minimum absolute atomic E-state index is 0.395. The predicted molar refractivity (Wildman–Crippen MR) is 91.8 cm³/mol. The van der Waals surface area contributed by atoms with E-state index in [0.717, 1.165) is 36.4 Å². The number of imidazole rings is 1. The minimum Gasteiger partial charge on any atom is -0.377 e. The number of benzene rings is 2. The Morgan fingerprint density at radius 1 is 1.13 bits per heavy atom. The maximum absolute atomic E-state index is 5.63. The first-order valence-electron chi connectivity index (χ1n) is 8.24. The molecule has 0 amide bonds. The van der Waals surface area contributed by atoms with Crippen molar-refractivity contribution in [2.75, 3.05) is 13.2 Å². The molecule has 0 bridgehead atoms. The Balaban J connectivity index is 1.43. The van der Waals surface area contributed by atoms with E-state index in [1.165, 1.54) is 18.4 Å². The van der Waals surface area contributed by atoms with Crippen molar-refractivity contribution in [1.29, 1.82) is 0 Å². The second-order valence-electron chi connectivity index (χ2n) is 6.04. The lowest BCUT2D eigenvalue weighted by molar-refractivity contribution is 0.110. The smallest absolute Gasteiger partial charge is 0.100 e. The summed E-state index contributed by atoms with van der Waals surface area (Å²) in [5.41, 5.74) is 4.59. The molecule has 0 aliphatic carbocycles. The zero-order chi connectivity index (χ0) is 15.5. The van der Waals surface area contributed by atoms with Gasteiger partial charge in [0.2, 0.25) is 0 Å². The van der Waals surface area contributed by atoms with Gasteiger partial charge in [-0.15, -0.1) is 0 Å². The van der Waals surface area contributed by atoms with E-state index in [0.29, 0.717) is 6.10 Å². The van der Waals surface area contributed by atoms with Crippen LogP contribution in [0.1, 0.15) is 18.4 Å². The van der Waals surface area contributed by atoms with Crippen LogP contribution in [0, 0.1) is 0 Å². The lowest BCUT2D eigenvalue weighted by Gasteiger charge is -2.11. The third-order valence-electron chi connectivity index (χ3n) is 4.39. The van der Waals surface area contributed by atoms with Crippen molar-refractivity contribution in [2.24, 2.45) is 0 Å². The highest BCUT2D eigenvalue weighted by atomic mass is 16.5. The molecule has 0 spiro atoms. The fraction of sp³-hybridized carbons (Fsp3) is 0.316. The second kappa shape index (κ2) is 6.52. The van der Waals surface area contributed by atoms with Crippen LogP contribution >= 0.6 is 0 Å². The molecule has 0 saturated carbocycles. The largest absolute Gasteiger partial charge is 0.377 e. The topological polar surface area (TPSA) is 39.1 Å². The Hall–Kier alpha value is -2.17. The summed E-state index contributed by atoms with van der Waals surface area (Å²) in [6.07, 6.45) is 4.65. The number of para-hydroxylation sites is 2. The van der Waals surface area contributed by atoms with E-state index < -0.39 is 0 Å². The van der Waals surface area contributed by atoms with Crippen LogP contribution in [0.3, 0.4) is 0 Å². The molecule has 4 nitrogen and oxygen atoms in total. The van der Waals surface area contributed by atoms with Crippen molar-refractivity contribution in [2.45, 2.75) is 25.5 Å². The van der Waals surface area contributed by atoms with E-state index in [1.807, 2.05) is 24.5 Å². The zero-order valence-corrected chi connectivity index (χ0v) is 13.1. The summed E-state index contributed by atoms with van der Waals surface area (Å²) in [6, 6.07) is 16.8. The molecule has 118 valence electrons. The second-order valence-corrected chi connectivity index (χ2v) is 6.04. The quantitative estimate of drug-likeness (QED) is 0.786. The van der Waals surface area contributed by atoms with Gasteiger partial charge < -0.3 is 10.1 Å². The van der Waals surface area contributed by atoms with Gasteiger partial charge in [0.05, 0.1) is 17.1 Å². The number of nitrogens with one attached hydrogen (secondary N) is 1. The van der Waals surface area contributed by atoms with Crippen molar-refractivity contribution < 1.29 is 4.74 Å². The fourth-order valence-electron chi connectivity index (χ4n) is 3.12. The van der Waals surface area contributed by atoms with E-state index in [-0.39, 0.29) is 0 Å². The first kappa shape index (κ1) is 14.4. The maximum atomic E-state index is 5.63. The van der Waals surface area contributed by atoms with Gasteiger partial charge in [0.1, 0.15) is 6.33 Å². The third-order valence-corrected chi connectivity index (χ3v) is 4.39. The molecular formula is C19H21N3O. The fourth-order valence-corrected chi connectivity index (χ4v) is 3.12. The molecule has 0 unspecified atom stereocenters. The van der Waals surface area contributed by atoms with Gasteiger partial charge in [-0.25, -0.2) is 4.98 Å². The van der Waals surface area contributed by atoms with Gasteiger partial charge in [-0.3, -0.25) is 4.57 Å². The first-order chi connectivity index (χ1) is 11.4. The molecule has 23 heavy (non-hydrogen) atoms. The molecule has 1 fully saturated rings. The van der Waals surface area contributed by atoms with Crippen LogP contribution < -0.4 is 5.32 Å². The van der Waals surface area contributed by atoms with Crippen LogP contribution in [0.2, 0.25) is 0 Å². The van der Waals surface area contributed by atoms with E-state index in [1.54, 1.807) is 0 Å². The molecule has 2 aromatic carbocycles. The lowest BCUT2D eigenvalue weighted by atomic mass is 10.2. The van der Waals surface area contributed by atoms with Crippen LogP contribution in [0.4, 0.5) is 0 Å². The molecule has 4 heteroatoms. The number of rotatable bonds is 5. The highest BCUT2D eigenvalue weighted by Gasteiger charge is 2.14. The van der Waals surface area contributed by atoms with Crippen LogP contribution in [-0.4, -0.2) is 28.8 Å². The standard InChI is InChI=1S/C19H21N3O/c1-2-6-19-18(5-1)21-14-22(19)16-9-7-15(8-10-16)12-20-13-17-4-3-11-23-17/h1-2,5-10,14,17,20H,3-4,11-13H2/t17-/m1/s1. The molecule has 4 rings (SSSR count). The normalized spacial score (nSPS) is 17.8. The number of aromatic nitrogens is 2. The van der Waals surface area contributed by atoms with Crippen molar-refractivity contribution in [3.63, 3.8) is 0 Å². The van der Waals surface area contributed by atoms with Crippen LogP contribution in [-0.2, 0) is 11.3 Å². The Labute approximate surface area is 136 Å². The highest BCUT2D eigenvalue weighted by molar-refractivity contribution is 5.77. The molecule has 2 heterocycles. The average Bonchev–Trinajstić information content (AvgIpc) is 3.25. The van der Waals surface area contributed by atoms with E-state index in [9.17, 15) is 0 Å². The number of hydrogen-bond donors (Lipinski definition) is 1. The summed E-state index contributed by atoms with van der Waals surface area (Å²) in [4.78, 5) is 4.45. The molecule has 1 aliphatic rings. The zero-order valence-electron chi connectivity index (χ0n) is 13.1. The Morgan fingerprint density at radius 3 is 2.83 bits per heavy atom. The molecule has 0 radical (unpaired) electrons. The Bertz CT molecular complexity index is 773. The molecule has 1 saturated heterocycles. The van der Waals surface area contributed by atoms with Gasteiger partial charge in [-0.05, 0) is 42.7 Å². The minimum atomic E-state index is 0.395. The van der Waals surface area contributed by atoms with Gasteiger partial charge in [0.25, 0.3) is 0 Å². The number of nitrogens with zero attached hydrogens (tertiary/aromatic N) is 2. The van der Waals surface area contributed by atoms with Gasteiger partial charge in [0, 0.05) is 25.4 Å². The Morgan fingerprint density at radius 2 is 2.00 bits per heavy atom. The van der Waals surface area contributed by atoms with Gasteiger partial charge in [0.15, 0.2) is 0 Å². The van der Waals surface area contributed by atoms with Crippen LogP contribution in [0.25, 0.3) is 16.7 Å². The molecule has 1 N–H and O–H groups in total. The summed E-state index contributed by atoms with van der Waals surface area (Å²) in [6.45, 7) is 2.73. The number of hydrogen-bond acceptors (Lipinski definition) is 3.